The summed E-state index contributed by atoms with van der Waals surface area (Å²) in [6.45, 7) is 2.93. The van der Waals surface area contributed by atoms with Gasteiger partial charge in [-0.3, -0.25) is 0 Å². The fraction of sp³-hybridized carbons (Fsp3) is 0.462. The summed E-state index contributed by atoms with van der Waals surface area (Å²) >= 11 is 0. The molecule has 104 valence electrons. The highest BCUT2D eigenvalue weighted by atomic mass is 19.4. The number of halogens is 3. The Morgan fingerprint density at radius 1 is 1.37 bits per heavy atom. The van der Waals surface area contributed by atoms with Crippen LogP contribution in [-0.2, 0) is 6.18 Å². The number of nitriles is 1. The maximum absolute atomic E-state index is 12.8. The molecule has 0 radical (unpaired) electrons. The van der Waals surface area contributed by atoms with Crippen LogP contribution in [0.1, 0.15) is 31.4 Å². The van der Waals surface area contributed by atoms with Crippen molar-refractivity contribution in [1.82, 2.24) is 0 Å². The number of rotatable bonds is 4. The van der Waals surface area contributed by atoms with Crippen LogP contribution in [0, 0.1) is 11.3 Å². The first-order valence-corrected chi connectivity index (χ1v) is 5.66. The number of hydrogen-bond acceptors (Lipinski definition) is 3. The molecule has 1 aromatic rings. The summed E-state index contributed by atoms with van der Waals surface area (Å²) in [5, 5.41) is 18.3. The van der Waals surface area contributed by atoms with E-state index >= 15 is 0 Å². The minimum atomic E-state index is -4.61. The third-order valence-corrected chi connectivity index (χ3v) is 2.71. The van der Waals surface area contributed by atoms with Crippen LogP contribution in [0.4, 0.5) is 13.2 Å². The maximum atomic E-state index is 12.8. The minimum Gasteiger partial charge on any atom is -0.490 e. The van der Waals surface area contributed by atoms with E-state index in [0.717, 1.165) is 12.1 Å². The summed E-state index contributed by atoms with van der Waals surface area (Å²) in [4.78, 5) is 0. The molecule has 0 aliphatic rings. The summed E-state index contributed by atoms with van der Waals surface area (Å²) < 4.78 is 43.5. The Labute approximate surface area is 109 Å². The van der Waals surface area contributed by atoms with Gasteiger partial charge in [0.05, 0.1) is 22.8 Å². The number of benzene rings is 1. The Hall–Kier alpha value is -1.74. The van der Waals surface area contributed by atoms with E-state index in [0.29, 0.717) is 6.42 Å². The summed E-state index contributed by atoms with van der Waals surface area (Å²) in [5.74, 6) is -0.389. The molecule has 0 aliphatic carbocycles. The standard InChI is InChI=1S/C13H14F3NO2/c1-3-12(2,18)8-19-11-5-4-9(7-17)6-10(11)13(14,15)16/h4-6,18H,3,8H2,1-2H3. The lowest BCUT2D eigenvalue weighted by atomic mass is 10.1. The molecule has 0 saturated carbocycles. The normalized spacial score (nSPS) is 14.6. The van der Waals surface area contributed by atoms with Crippen molar-refractivity contribution < 1.29 is 23.0 Å². The van der Waals surface area contributed by atoms with Gasteiger partial charge >= 0.3 is 6.18 Å². The van der Waals surface area contributed by atoms with Crippen LogP contribution in [0.2, 0.25) is 0 Å². The summed E-state index contributed by atoms with van der Waals surface area (Å²) in [7, 11) is 0. The van der Waals surface area contributed by atoms with Gasteiger partial charge in [0, 0.05) is 0 Å². The van der Waals surface area contributed by atoms with E-state index in [2.05, 4.69) is 0 Å². The van der Waals surface area contributed by atoms with Crippen LogP contribution in [-0.4, -0.2) is 17.3 Å². The lowest BCUT2D eigenvalue weighted by Gasteiger charge is -2.23. The first kappa shape index (κ1) is 15.3. The molecular formula is C13H14F3NO2. The van der Waals surface area contributed by atoms with Gasteiger partial charge in [-0.2, -0.15) is 18.4 Å². The lowest BCUT2D eigenvalue weighted by Crippen LogP contribution is -2.31. The van der Waals surface area contributed by atoms with Crippen molar-refractivity contribution in [2.24, 2.45) is 0 Å². The van der Waals surface area contributed by atoms with E-state index < -0.39 is 17.3 Å². The zero-order valence-electron chi connectivity index (χ0n) is 10.6. The molecule has 6 heteroatoms. The Bertz CT molecular complexity index is 490. The summed E-state index contributed by atoms with van der Waals surface area (Å²) in [5.41, 5.74) is -2.31. The molecule has 1 rings (SSSR count). The fourth-order valence-corrected chi connectivity index (χ4v) is 1.28. The summed E-state index contributed by atoms with van der Waals surface area (Å²) in [6, 6.07) is 4.71. The smallest absolute Gasteiger partial charge is 0.420 e. The Kier molecular flexibility index (Phi) is 4.43. The van der Waals surface area contributed by atoms with Gasteiger partial charge in [-0.25, -0.2) is 0 Å². The van der Waals surface area contributed by atoms with Gasteiger partial charge in [0.25, 0.3) is 0 Å². The number of alkyl halides is 3. The SMILES string of the molecule is CCC(C)(O)COc1ccc(C#N)cc1C(F)(F)F. The van der Waals surface area contributed by atoms with E-state index in [9.17, 15) is 18.3 Å². The third-order valence-electron chi connectivity index (χ3n) is 2.71. The molecule has 0 spiro atoms. The van der Waals surface area contributed by atoms with Crippen LogP contribution in [0.15, 0.2) is 18.2 Å². The minimum absolute atomic E-state index is 0.0954. The van der Waals surface area contributed by atoms with Gasteiger partial charge in [-0.05, 0) is 31.5 Å². The molecule has 1 aromatic carbocycles. The molecule has 1 atom stereocenters. The van der Waals surface area contributed by atoms with Gasteiger partial charge in [-0.1, -0.05) is 6.92 Å². The first-order valence-electron chi connectivity index (χ1n) is 5.66. The van der Waals surface area contributed by atoms with Gasteiger partial charge in [0.2, 0.25) is 0 Å². The predicted molar refractivity (Wildman–Crippen MR) is 62.6 cm³/mol. The zero-order chi connectivity index (χ0) is 14.7. The van der Waals surface area contributed by atoms with Crippen molar-refractivity contribution in [3.8, 4) is 11.8 Å². The predicted octanol–water partition coefficient (Wildman–Crippen LogP) is 3.12. The molecule has 1 unspecified atom stereocenters. The second-order valence-corrected chi connectivity index (χ2v) is 4.46. The van der Waals surface area contributed by atoms with Crippen molar-refractivity contribution in [3.05, 3.63) is 29.3 Å². The van der Waals surface area contributed by atoms with Crippen molar-refractivity contribution >= 4 is 0 Å². The molecule has 19 heavy (non-hydrogen) atoms. The van der Waals surface area contributed by atoms with E-state index in [1.807, 2.05) is 0 Å². The zero-order valence-corrected chi connectivity index (χ0v) is 10.6. The lowest BCUT2D eigenvalue weighted by molar-refractivity contribution is -0.139. The molecule has 3 nitrogen and oxygen atoms in total. The van der Waals surface area contributed by atoms with E-state index in [-0.39, 0.29) is 17.9 Å². The van der Waals surface area contributed by atoms with Crippen molar-refractivity contribution in [2.75, 3.05) is 6.61 Å². The van der Waals surface area contributed by atoms with Gasteiger partial charge in [0.15, 0.2) is 0 Å². The van der Waals surface area contributed by atoms with Crippen LogP contribution in [0.5, 0.6) is 5.75 Å². The molecule has 0 amide bonds. The van der Waals surface area contributed by atoms with Crippen molar-refractivity contribution in [2.45, 2.75) is 32.0 Å². The third kappa shape index (κ3) is 4.14. The Morgan fingerprint density at radius 2 is 2.00 bits per heavy atom. The monoisotopic (exact) mass is 273 g/mol. The molecule has 0 fully saturated rings. The van der Waals surface area contributed by atoms with E-state index in [4.69, 9.17) is 10.00 Å². The number of aliphatic hydroxyl groups is 1. The number of nitrogens with zero attached hydrogens (tertiary/aromatic N) is 1. The largest absolute Gasteiger partial charge is 0.490 e. The van der Waals surface area contributed by atoms with Gasteiger partial charge in [-0.15, -0.1) is 0 Å². The second kappa shape index (κ2) is 5.49. The molecule has 0 bridgehead atoms. The van der Waals surface area contributed by atoms with Gasteiger partial charge < -0.3 is 9.84 Å². The average Bonchev–Trinajstić information content (AvgIpc) is 2.35. The Morgan fingerprint density at radius 3 is 2.47 bits per heavy atom. The highest BCUT2D eigenvalue weighted by Crippen LogP contribution is 2.37. The van der Waals surface area contributed by atoms with E-state index in [1.54, 1.807) is 13.0 Å². The second-order valence-electron chi connectivity index (χ2n) is 4.46. The van der Waals surface area contributed by atoms with Gasteiger partial charge in [0.1, 0.15) is 12.4 Å². The van der Waals surface area contributed by atoms with Crippen molar-refractivity contribution in [1.29, 1.82) is 5.26 Å². The first-order chi connectivity index (χ1) is 8.69. The number of hydrogen-bond donors (Lipinski definition) is 1. The van der Waals surface area contributed by atoms with E-state index in [1.165, 1.54) is 13.0 Å². The van der Waals surface area contributed by atoms with Crippen LogP contribution in [0.25, 0.3) is 0 Å². The molecular weight excluding hydrogens is 259 g/mol. The number of ether oxygens (including phenoxy) is 1. The Balaban J connectivity index is 3.05. The molecule has 0 saturated heterocycles. The molecule has 0 aliphatic heterocycles. The van der Waals surface area contributed by atoms with Crippen LogP contribution in [0.3, 0.4) is 0 Å². The molecule has 1 N–H and O–H groups in total. The maximum Gasteiger partial charge on any atom is 0.420 e. The average molecular weight is 273 g/mol. The topological polar surface area (TPSA) is 53.2 Å². The highest BCUT2D eigenvalue weighted by molar-refractivity contribution is 5.43. The molecule has 0 aromatic heterocycles. The fourth-order valence-electron chi connectivity index (χ4n) is 1.28. The van der Waals surface area contributed by atoms with Crippen LogP contribution >= 0.6 is 0 Å². The van der Waals surface area contributed by atoms with Crippen molar-refractivity contribution in [3.63, 3.8) is 0 Å². The molecule has 0 heterocycles. The van der Waals surface area contributed by atoms with Crippen LogP contribution < -0.4 is 4.74 Å². The highest BCUT2D eigenvalue weighted by Gasteiger charge is 2.35. The quantitative estimate of drug-likeness (QED) is 0.917. The summed E-state index contributed by atoms with van der Waals surface area (Å²) in [6.07, 6.45) is -4.26.